The fourth-order valence-electron chi connectivity index (χ4n) is 2.00. The zero-order valence-electron chi connectivity index (χ0n) is 11.7. The van der Waals surface area contributed by atoms with Gasteiger partial charge in [0.15, 0.2) is 5.13 Å². The lowest BCUT2D eigenvalue weighted by molar-refractivity contribution is 0.0797. The maximum Gasteiger partial charge on any atom is 0.274 e. The van der Waals surface area contributed by atoms with E-state index >= 15 is 0 Å². The zero-order chi connectivity index (χ0) is 16.4. The summed E-state index contributed by atoms with van der Waals surface area (Å²) in [6.45, 7) is 0.725. The lowest BCUT2D eigenvalue weighted by atomic mass is 10.2. The maximum atomic E-state index is 12.2. The van der Waals surface area contributed by atoms with Crippen molar-refractivity contribution in [1.82, 2.24) is 9.88 Å². The van der Waals surface area contributed by atoms with E-state index in [2.05, 4.69) is 10.3 Å². The van der Waals surface area contributed by atoms with Crippen molar-refractivity contribution in [3.8, 4) is 0 Å². The fourth-order valence-corrected chi connectivity index (χ4v) is 4.12. The SMILES string of the molecule is O=C(Nc1nc(C(=O)N2CCSC2)cs1)c1ccc(Cl)cc1Cl. The number of carbonyl (C=O) groups excluding carboxylic acids is 2. The third-order valence-electron chi connectivity index (χ3n) is 3.16. The molecular weight excluding hydrogens is 377 g/mol. The van der Waals surface area contributed by atoms with E-state index in [1.165, 1.54) is 17.4 Å². The van der Waals surface area contributed by atoms with Gasteiger partial charge in [0.05, 0.1) is 16.5 Å². The molecule has 1 N–H and O–H groups in total. The highest BCUT2D eigenvalue weighted by Crippen LogP contribution is 2.24. The fraction of sp³-hybridized carbons (Fsp3) is 0.214. The molecule has 0 spiro atoms. The van der Waals surface area contributed by atoms with Gasteiger partial charge in [-0.1, -0.05) is 23.2 Å². The largest absolute Gasteiger partial charge is 0.327 e. The molecule has 1 aromatic heterocycles. The number of anilines is 1. The Morgan fingerprint density at radius 3 is 2.83 bits per heavy atom. The number of hydrogen-bond acceptors (Lipinski definition) is 5. The van der Waals surface area contributed by atoms with Crippen molar-refractivity contribution in [1.29, 1.82) is 0 Å². The second-order valence-electron chi connectivity index (χ2n) is 4.72. The molecule has 1 saturated heterocycles. The van der Waals surface area contributed by atoms with Crippen LogP contribution in [0.3, 0.4) is 0 Å². The van der Waals surface area contributed by atoms with Crippen LogP contribution in [0.2, 0.25) is 10.0 Å². The van der Waals surface area contributed by atoms with Crippen LogP contribution in [0.25, 0.3) is 0 Å². The number of amides is 2. The summed E-state index contributed by atoms with van der Waals surface area (Å²) < 4.78 is 0. The quantitative estimate of drug-likeness (QED) is 0.868. The monoisotopic (exact) mass is 387 g/mol. The smallest absolute Gasteiger partial charge is 0.274 e. The summed E-state index contributed by atoms with van der Waals surface area (Å²) in [5.41, 5.74) is 0.644. The van der Waals surface area contributed by atoms with Crippen LogP contribution in [0.1, 0.15) is 20.8 Å². The number of thioether (sulfide) groups is 1. The molecule has 1 aromatic carbocycles. The molecule has 1 aliphatic heterocycles. The van der Waals surface area contributed by atoms with E-state index in [4.69, 9.17) is 23.2 Å². The van der Waals surface area contributed by atoms with Gasteiger partial charge in [-0.15, -0.1) is 23.1 Å². The number of nitrogens with zero attached hydrogens (tertiary/aromatic N) is 2. The number of hydrogen-bond donors (Lipinski definition) is 1. The molecule has 0 aliphatic carbocycles. The highest BCUT2D eigenvalue weighted by atomic mass is 35.5. The normalized spacial score (nSPS) is 14.1. The summed E-state index contributed by atoms with van der Waals surface area (Å²) in [5, 5.41) is 5.37. The molecule has 2 amide bonds. The summed E-state index contributed by atoms with van der Waals surface area (Å²) in [7, 11) is 0. The van der Waals surface area contributed by atoms with Crippen LogP contribution in [-0.4, -0.2) is 39.9 Å². The average molecular weight is 388 g/mol. The molecule has 0 unspecified atom stereocenters. The second kappa shape index (κ2) is 7.09. The van der Waals surface area contributed by atoms with Crippen molar-refractivity contribution in [2.24, 2.45) is 0 Å². The molecule has 2 aromatic rings. The number of halogens is 2. The Labute approximate surface area is 151 Å². The summed E-state index contributed by atoms with van der Waals surface area (Å²) in [6.07, 6.45) is 0. The minimum Gasteiger partial charge on any atom is -0.327 e. The van der Waals surface area contributed by atoms with Gasteiger partial charge in [-0.25, -0.2) is 4.98 Å². The van der Waals surface area contributed by atoms with Crippen molar-refractivity contribution in [2.75, 3.05) is 23.5 Å². The molecule has 120 valence electrons. The zero-order valence-corrected chi connectivity index (χ0v) is 14.9. The molecular formula is C14H11Cl2N3O2S2. The van der Waals surface area contributed by atoms with E-state index in [1.54, 1.807) is 34.2 Å². The van der Waals surface area contributed by atoms with Gasteiger partial charge in [0.25, 0.3) is 11.8 Å². The Bertz CT molecular complexity index is 760. The molecule has 0 saturated carbocycles. The number of nitrogens with one attached hydrogen (secondary N) is 1. The predicted octanol–water partition coefficient (Wildman–Crippen LogP) is 3.85. The van der Waals surface area contributed by atoms with E-state index in [1.807, 2.05) is 0 Å². The molecule has 1 aliphatic rings. The standard InChI is InChI=1S/C14H11Cl2N3O2S2/c15-8-1-2-9(10(16)5-8)12(20)18-14-17-11(6-23-14)13(21)19-3-4-22-7-19/h1-2,5-6H,3-4,7H2,(H,17,18,20). The second-order valence-corrected chi connectivity index (χ2v) is 7.50. The van der Waals surface area contributed by atoms with Crippen LogP contribution in [-0.2, 0) is 0 Å². The molecule has 1 fully saturated rings. The first kappa shape index (κ1) is 16.6. The number of benzene rings is 1. The van der Waals surface area contributed by atoms with Gasteiger partial charge in [-0.2, -0.15) is 0 Å². The number of thiazole rings is 1. The van der Waals surface area contributed by atoms with Gasteiger partial charge in [-0.05, 0) is 18.2 Å². The Morgan fingerprint density at radius 1 is 1.30 bits per heavy atom. The van der Waals surface area contributed by atoms with E-state index in [0.717, 1.165) is 12.3 Å². The molecule has 9 heteroatoms. The van der Waals surface area contributed by atoms with Crippen LogP contribution in [0.4, 0.5) is 5.13 Å². The minimum absolute atomic E-state index is 0.115. The van der Waals surface area contributed by atoms with Crippen LogP contribution in [0.5, 0.6) is 0 Å². The summed E-state index contributed by atoms with van der Waals surface area (Å²) in [4.78, 5) is 30.3. The maximum absolute atomic E-state index is 12.2. The molecule has 0 radical (unpaired) electrons. The predicted molar refractivity (Wildman–Crippen MR) is 94.9 cm³/mol. The topological polar surface area (TPSA) is 62.3 Å². The van der Waals surface area contributed by atoms with Crippen molar-refractivity contribution >= 4 is 63.2 Å². The van der Waals surface area contributed by atoms with E-state index in [-0.39, 0.29) is 10.9 Å². The molecule has 0 atom stereocenters. The minimum atomic E-state index is -0.392. The van der Waals surface area contributed by atoms with Crippen LogP contribution in [0.15, 0.2) is 23.6 Å². The van der Waals surface area contributed by atoms with E-state index in [9.17, 15) is 9.59 Å². The third-order valence-corrected chi connectivity index (χ3v) is 5.43. The van der Waals surface area contributed by atoms with Gasteiger partial charge in [0.1, 0.15) is 5.69 Å². The molecule has 5 nitrogen and oxygen atoms in total. The third kappa shape index (κ3) is 3.80. The Hall–Kier alpha value is -1.28. The van der Waals surface area contributed by atoms with Gasteiger partial charge in [-0.3, -0.25) is 14.9 Å². The first-order valence-corrected chi connectivity index (χ1v) is 9.42. The van der Waals surface area contributed by atoms with Gasteiger partial charge in [0, 0.05) is 22.7 Å². The summed E-state index contributed by atoms with van der Waals surface area (Å²) >= 11 is 14.7. The summed E-state index contributed by atoms with van der Waals surface area (Å²) in [6, 6.07) is 4.63. The first-order valence-electron chi connectivity index (χ1n) is 6.63. The molecule has 23 heavy (non-hydrogen) atoms. The molecule has 0 bridgehead atoms. The highest BCUT2D eigenvalue weighted by Gasteiger charge is 2.22. The first-order chi connectivity index (χ1) is 11.0. The lowest BCUT2D eigenvalue weighted by Gasteiger charge is -2.11. The number of carbonyl (C=O) groups is 2. The van der Waals surface area contributed by atoms with Crippen molar-refractivity contribution in [3.63, 3.8) is 0 Å². The van der Waals surface area contributed by atoms with Crippen LogP contribution >= 0.6 is 46.3 Å². The van der Waals surface area contributed by atoms with Crippen molar-refractivity contribution in [3.05, 3.63) is 44.9 Å². The van der Waals surface area contributed by atoms with Gasteiger partial charge in [0.2, 0.25) is 0 Å². The Balaban J connectivity index is 1.71. The van der Waals surface area contributed by atoms with Crippen LogP contribution in [0, 0.1) is 0 Å². The Kier molecular flexibility index (Phi) is 5.11. The van der Waals surface area contributed by atoms with Gasteiger partial charge >= 0.3 is 0 Å². The average Bonchev–Trinajstić information content (AvgIpc) is 3.17. The molecule has 2 heterocycles. The Morgan fingerprint density at radius 2 is 2.13 bits per heavy atom. The lowest BCUT2D eigenvalue weighted by Crippen LogP contribution is -2.28. The van der Waals surface area contributed by atoms with Gasteiger partial charge < -0.3 is 4.90 Å². The molecule has 3 rings (SSSR count). The van der Waals surface area contributed by atoms with Crippen LogP contribution < -0.4 is 5.32 Å². The van der Waals surface area contributed by atoms with E-state index in [0.29, 0.717) is 27.3 Å². The van der Waals surface area contributed by atoms with Crippen molar-refractivity contribution in [2.45, 2.75) is 0 Å². The summed E-state index contributed by atoms with van der Waals surface area (Å²) in [5.74, 6) is 1.11. The van der Waals surface area contributed by atoms with E-state index < -0.39 is 5.91 Å². The number of rotatable bonds is 3. The van der Waals surface area contributed by atoms with Crippen molar-refractivity contribution < 1.29 is 9.59 Å². The number of aromatic nitrogens is 1. The highest BCUT2D eigenvalue weighted by molar-refractivity contribution is 7.99.